The fraction of sp³-hybridized carbons (Fsp3) is 0.647. The van der Waals surface area contributed by atoms with Crippen LogP contribution in [0.4, 0.5) is 4.39 Å². The van der Waals surface area contributed by atoms with Crippen LogP contribution in [-0.4, -0.2) is 28.6 Å². The third-order valence-electron chi connectivity index (χ3n) is 4.54. The first-order valence-corrected chi connectivity index (χ1v) is 7.62. The van der Waals surface area contributed by atoms with Crippen LogP contribution in [0.3, 0.4) is 0 Å². The van der Waals surface area contributed by atoms with Crippen molar-refractivity contribution >= 4 is 0 Å². The van der Waals surface area contributed by atoms with E-state index in [-0.39, 0.29) is 5.82 Å². The average Bonchev–Trinajstić information content (AvgIpc) is 2.70. The highest BCUT2D eigenvalue weighted by atomic mass is 19.1. The lowest BCUT2D eigenvalue weighted by molar-refractivity contribution is -0.0118. The molecule has 1 aliphatic rings. The maximum absolute atomic E-state index is 14.0. The average molecular weight is 279 g/mol. The van der Waals surface area contributed by atoms with Crippen molar-refractivity contribution in [1.82, 2.24) is 4.90 Å². The highest BCUT2D eigenvalue weighted by Crippen LogP contribution is 2.34. The van der Waals surface area contributed by atoms with Gasteiger partial charge in [0, 0.05) is 11.1 Å². The van der Waals surface area contributed by atoms with E-state index in [0.717, 1.165) is 31.5 Å². The van der Waals surface area contributed by atoms with Gasteiger partial charge < -0.3 is 5.11 Å². The minimum absolute atomic E-state index is 0.314. The molecule has 1 aromatic carbocycles. The minimum Gasteiger partial charge on any atom is -0.386 e. The van der Waals surface area contributed by atoms with Gasteiger partial charge in [-0.25, -0.2) is 4.39 Å². The number of benzene rings is 1. The lowest BCUT2D eigenvalue weighted by Gasteiger charge is -2.41. The lowest BCUT2D eigenvalue weighted by atomic mass is 9.88. The van der Waals surface area contributed by atoms with Gasteiger partial charge in [0.2, 0.25) is 0 Å². The molecule has 3 heteroatoms. The fourth-order valence-corrected chi connectivity index (χ4v) is 3.07. The molecule has 1 heterocycles. The Morgan fingerprint density at radius 3 is 2.35 bits per heavy atom. The summed E-state index contributed by atoms with van der Waals surface area (Å²) in [6, 6.07) is 4.95. The molecule has 1 unspecified atom stereocenters. The summed E-state index contributed by atoms with van der Waals surface area (Å²) in [4.78, 5) is 2.31. The van der Waals surface area contributed by atoms with Crippen LogP contribution in [0.5, 0.6) is 0 Å². The monoisotopic (exact) mass is 279 g/mol. The van der Waals surface area contributed by atoms with Crippen LogP contribution in [0.2, 0.25) is 0 Å². The van der Waals surface area contributed by atoms with E-state index in [0.29, 0.717) is 5.56 Å². The summed E-state index contributed by atoms with van der Waals surface area (Å²) in [7, 11) is 0. The minimum atomic E-state index is -0.805. The molecule has 20 heavy (non-hydrogen) atoms. The molecule has 0 amide bonds. The van der Waals surface area contributed by atoms with E-state index in [1.54, 1.807) is 12.1 Å². The summed E-state index contributed by atoms with van der Waals surface area (Å²) in [5.41, 5.74) is 0.949. The molecule has 0 radical (unpaired) electrons. The maximum atomic E-state index is 14.0. The topological polar surface area (TPSA) is 23.5 Å². The van der Waals surface area contributed by atoms with E-state index in [1.165, 1.54) is 18.9 Å². The van der Waals surface area contributed by atoms with Crippen molar-refractivity contribution in [2.45, 2.75) is 58.1 Å². The number of aliphatic hydroxyl groups is 1. The molecular weight excluding hydrogens is 253 g/mol. The molecular formula is C17H26FNO. The van der Waals surface area contributed by atoms with Crippen LogP contribution in [0.25, 0.3) is 0 Å². The largest absolute Gasteiger partial charge is 0.386 e. The van der Waals surface area contributed by atoms with E-state index in [4.69, 9.17) is 0 Å². The van der Waals surface area contributed by atoms with E-state index < -0.39 is 11.6 Å². The van der Waals surface area contributed by atoms with Gasteiger partial charge in [-0.2, -0.15) is 0 Å². The number of aryl methyl sites for hydroxylation is 1. The highest BCUT2D eigenvalue weighted by molar-refractivity contribution is 5.28. The molecule has 0 bridgehead atoms. The van der Waals surface area contributed by atoms with E-state index >= 15 is 0 Å². The summed E-state index contributed by atoms with van der Waals surface area (Å²) in [6.45, 7) is 7.93. The molecule has 1 saturated heterocycles. The molecule has 2 rings (SSSR count). The van der Waals surface area contributed by atoms with Crippen LogP contribution in [-0.2, 0) is 0 Å². The molecule has 1 N–H and O–H groups in total. The zero-order valence-corrected chi connectivity index (χ0v) is 12.8. The van der Waals surface area contributed by atoms with Crippen molar-refractivity contribution in [2.24, 2.45) is 0 Å². The predicted octanol–water partition coefficient (Wildman–Crippen LogP) is 3.82. The second kappa shape index (κ2) is 6.23. The Morgan fingerprint density at radius 1 is 1.15 bits per heavy atom. The van der Waals surface area contributed by atoms with Crippen molar-refractivity contribution in [2.75, 3.05) is 13.1 Å². The summed E-state index contributed by atoms with van der Waals surface area (Å²) in [5.74, 6) is -0.314. The molecule has 0 spiro atoms. The molecule has 2 nitrogen and oxygen atoms in total. The fourth-order valence-electron chi connectivity index (χ4n) is 3.07. The zero-order chi connectivity index (χ0) is 14.8. The number of hydrogen-bond donors (Lipinski definition) is 1. The Bertz CT molecular complexity index is 450. The van der Waals surface area contributed by atoms with Crippen LogP contribution < -0.4 is 0 Å². The van der Waals surface area contributed by atoms with E-state index in [9.17, 15) is 9.50 Å². The van der Waals surface area contributed by atoms with Crippen molar-refractivity contribution in [1.29, 1.82) is 0 Å². The molecule has 1 fully saturated rings. The van der Waals surface area contributed by atoms with Gasteiger partial charge in [-0.1, -0.05) is 30.5 Å². The van der Waals surface area contributed by atoms with Gasteiger partial charge in [0.05, 0.1) is 6.10 Å². The first-order valence-electron chi connectivity index (χ1n) is 7.62. The lowest BCUT2D eigenvalue weighted by Crippen LogP contribution is -2.49. The van der Waals surface area contributed by atoms with Crippen molar-refractivity contribution in [3.63, 3.8) is 0 Å². The SMILES string of the molecule is Cc1ccc(F)c(C(O)C(C)(C)N2CCCCCC2)c1. The van der Waals surface area contributed by atoms with Crippen LogP contribution >= 0.6 is 0 Å². The maximum Gasteiger partial charge on any atom is 0.129 e. The smallest absolute Gasteiger partial charge is 0.129 e. The summed E-state index contributed by atoms with van der Waals surface area (Å²) in [5, 5.41) is 10.7. The summed E-state index contributed by atoms with van der Waals surface area (Å²) >= 11 is 0. The molecule has 1 aliphatic heterocycles. The summed E-state index contributed by atoms with van der Waals surface area (Å²) < 4.78 is 14.0. The Hall–Kier alpha value is -0.930. The van der Waals surface area contributed by atoms with Gasteiger partial charge in [0.25, 0.3) is 0 Å². The third kappa shape index (κ3) is 3.21. The molecule has 0 saturated carbocycles. The number of nitrogens with zero attached hydrogens (tertiary/aromatic N) is 1. The Balaban J connectivity index is 2.24. The highest BCUT2D eigenvalue weighted by Gasteiger charge is 2.36. The standard InChI is InChI=1S/C17H26FNO/c1-13-8-9-15(18)14(12-13)16(20)17(2,3)19-10-6-4-5-7-11-19/h8-9,12,16,20H,4-7,10-11H2,1-3H3. The Morgan fingerprint density at radius 2 is 1.75 bits per heavy atom. The van der Waals surface area contributed by atoms with Crippen molar-refractivity contribution in [3.05, 3.63) is 35.1 Å². The number of rotatable bonds is 3. The van der Waals surface area contributed by atoms with E-state index in [1.807, 2.05) is 20.8 Å². The molecule has 0 aromatic heterocycles. The van der Waals surface area contributed by atoms with Gasteiger partial charge in [-0.15, -0.1) is 0 Å². The van der Waals surface area contributed by atoms with Gasteiger partial charge >= 0.3 is 0 Å². The first kappa shape index (κ1) is 15.5. The molecule has 0 aliphatic carbocycles. The van der Waals surface area contributed by atoms with Crippen LogP contribution in [0, 0.1) is 12.7 Å². The third-order valence-corrected chi connectivity index (χ3v) is 4.54. The number of aliphatic hydroxyl groups excluding tert-OH is 1. The van der Waals surface area contributed by atoms with Gasteiger partial charge in [-0.05, 0) is 52.8 Å². The Kier molecular flexibility index (Phi) is 4.82. The second-order valence-corrected chi connectivity index (χ2v) is 6.48. The van der Waals surface area contributed by atoms with Crippen molar-refractivity contribution < 1.29 is 9.50 Å². The summed E-state index contributed by atoms with van der Waals surface area (Å²) in [6.07, 6.45) is 4.02. The molecule has 1 atom stereocenters. The number of hydrogen-bond acceptors (Lipinski definition) is 2. The number of halogens is 1. The second-order valence-electron chi connectivity index (χ2n) is 6.48. The quantitative estimate of drug-likeness (QED) is 0.909. The first-order chi connectivity index (χ1) is 9.43. The van der Waals surface area contributed by atoms with Crippen LogP contribution in [0.15, 0.2) is 18.2 Å². The normalized spacial score (nSPS) is 19.6. The van der Waals surface area contributed by atoms with Crippen LogP contribution in [0.1, 0.15) is 56.8 Å². The van der Waals surface area contributed by atoms with Crippen molar-refractivity contribution in [3.8, 4) is 0 Å². The van der Waals surface area contributed by atoms with Gasteiger partial charge in [0.1, 0.15) is 5.82 Å². The molecule has 112 valence electrons. The Labute approximate surface area is 121 Å². The predicted molar refractivity (Wildman–Crippen MR) is 80.2 cm³/mol. The molecule has 1 aromatic rings. The number of likely N-dealkylation sites (tertiary alicyclic amines) is 1. The zero-order valence-electron chi connectivity index (χ0n) is 12.8. The van der Waals surface area contributed by atoms with Gasteiger partial charge in [0.15, 0.2) is 0 Å². The van der Waals surface area contributed by atoms with E-state index in [2.05, 4.69) is 4.90 Å². The van der Waals surface area contributed by atoms with Gasteiger partial charge in [-0.3, -0.25) is 4.90 Å².